The molecule has 0 radical (unpaired) electrons. The molecule has 1 saturated heterocycles. The third kappa shape index (κ3) is 4.32. The third-order valence-corrected chi connectivity index (χ3v) is 2.49. The molecule has 0 bridgehead atoms. The quantitative estimate of drug-likeness (QED) is 0.668. The van der Waals surface area contributed by atoms with E-state index in [4.69, 9.17) is 9.47 Å². The number of rotatable bonds is 4. The lowest BCUT2D eigenvalue weighted by Crippen LogP contribution is -2.54. The number of carbonyl (C=O) groups excluding carboxylic acids is 2. The maximum absolute atomic E-state index is 11.6. The van der Waals surface area contributed by atoms with E-state index in [0.717, 1.165) is 0 Å². The third-order valence-electron chi connectivity index (χ3n) is 2.49. The van der Waals surface area contributed by atoms with Crippen molar-refractivity contribution < 1.29 is 19.1 Å². The number of likely N-dealkylation sites (N-methyl/N-ethyl adjacent to an activating group) is 1. The van der Waals surface area contributed by atoms with Crippen molar-refractivity contribution in [2.75, 3.05) is 33.4 Å². The molecule has 0 aromatic carbocycles. The molecule has 1 N–H and O–H groups in total. The first kappa shape index (κ1) is 13.9. The number of carbonyl (C=O) groups is 2. The number of hydrogen-bond donors (Lipinski definition) is 1. The van der Waals surface area contributed by atoms with Crippen LogP contribution >= 0.6 is 0 Å². The molecule has 1 atom stereocenters. The summed E-state index contributed by atoms with van der Waals surface area (Å²) in [5, 5.41) is 2.57. The number of hydrogen-bond acceptors (Lipinski definition) is 5. The standard InChI is InChI=1S/C11H20N2O4/c1-8(2)17-10(14)6-13-4-5-16-7-9(13)11(15)12-3/h8-9H,4-7H2,1-3H3,(H,12,15). The summed E-state index contributed by atoms with van der Waals surface area (Å²) in [7, 11) is 1.57. The molecule has 0 saturated carbocycles. The van der Waals surface area contributed by atoms with Gasteiger partial charge in [-0.15, -0.1) is 0 Å². The Morgan fingerprint density at radius 1 is 1.53 bits per heavy atom. The first-order valence-electron chi connectivity index (χ1n) is 5.77. The van der Waals surface area contributed by atoms with Crippen molar-refractivity contribution in [3.63, 3.8) is 0 Å². The summed E-state index contributed by atoms with van der Waals surface area (Å²) in [6, 6.07) is -0.409. The van der Waals surface area contributed by atoms with Crippen molar-refractivity contribution in [3.8, 4) is 0 Å². The number of esters is 1. The smallest absolute Gasteiger partial charge is 0.320 e. The molecule has 98 valence electrons. The molecule has 1 amide bonds. The number of nitrogens with zero attached hydrogens (tertiary/aromatic N) is 1. The first-order chi connectivity index (χ1) is 8.04. The fourth-order valence-corrected chi connectivity index (χ4v) is 1.70. The van der Waals surface area contributed by atoms with Crippen LogP contribution in [-0.4, -0.2) is 62.3 Å². The summed E-state index contributed by atoms with van der Waals surface area (Å²) in [6.45, 7) is 5.13. The van der Waals surface area contributed by atoms with Gasteiger partial charge in [-0.25, -0.2) is 0 Å². The maximum Gasteiger partial charge on any atom is 0.320 e. The highest BCUT2D eigenvalue weighted by Gasteiger charge is 2.30. The predicted molar refractivity (Wildman–Crippen MR) is 61.5 cm³/mol. The average Bonchev–Trinajstić information content (AvgIpc) is 2.27. The average molecular weight is 244 g/mol. The molecule has 1 unspecified atom stereocenters. The highest BCUT2D eigenvalue weighted by atomic mass is 16.5. The number of amides is 1. The van der Waals surface area contributed by atoms with Crippen LogP contribution in [0.3, 0.4) is 0 Å². The molecule has 1 heterocycles. The molecule has 0 aromatic rings. The van der Waals surface area contributed by atoms with Crippen LogP contribution in [0, 0.1) is 0 Å². The molecule has 6 heteroatoms. The van der Waals surface area contributed by atoms with E-state index in [-0.39, 0.29) is 24.5 Å². The Kier molecular flexibility index (Phi) is 5.37. The fraction of sp³-hybridized carbons (Fsp3) is 0.818. The zero-order chi connectivity index (χ0) is 12.8. The van der Waals surface area contributed by atoms with Crippen molar-refractivity contribution in [2.24, 2.45) is 0 Å². The summed E-state index contributed by atoms with van der Waals surface area (Å²) in [5.41, 5.74) is 0. The molecule has 0 aromatic heterocycles. The van der Waals surface area contributed by atoms with Gasteiger partial charge in [-0.3, -0.25) is 14.5 Å². The second-order valence-corrected chi connectivity index (χ2v) is 4.21. The van der Waals surface area contributed by atoms with Gasteiger partial charge in [-0.1, -0.05) is 0 Å². The van der Waals surface area contributed by atoms with Crippen LogP contribution in [0.4, 0.5) is 0 Å². The van der Waals surface area contributed by atoms with Gasteiger partial charge in [0.1, 0.15) is 6.04 Å². The minimum atomic E-state index is -0.409. The van der Waals surface area contributed by atoms with Crippen LogP contribution < -0.4 is 5.32 Å². The molecule has 1 fully saturated rings. The number of ether oxygens (including phenoxy) is 2. The minimum absolute atomic E-state index is 0.125. The zero-order valence-corrected chi connectivity index (χ0v) is 10.6. The molecule has 1 aliphatic heterocycles. The zero-order valence-electron chi connectivity index (χ0n) is 10.6. The Labute approximate surface area is 101 Å². The highest BCUT2D eigenvalue weighted by Crippen LogP contribution is 2.07. The van der Waals surface area contributed by atoms with E-state index in [1.807, 2.05) is 0 Å². The van der Waals surface area contributed by atoms with Gasteiger partial charge < -0.3 is 14.8 Å². The van der Waals surface area contributed by atoms with Crippen molar-refractivity contribution in [1.29, 1.82) is 0 Å². The Bertz CT molecular complexity index is 281. The Hall–Kier alpha value is -1.14. The normalized spacial score (nSPS) is 21.3. The van der Waals surface area contributed by atoms with E-state index in [1.165, 1.54) is 0 Å². The number of morpholine rings is 1. The number of nitrogens with one attached hydrogen (secondary N) is 1. The predicted octanol–water partition coefficient (Wildman–Crippen LogP) is -0.615. The Balaban J connectivity index is 2.53. The first-order valence-corrected chi connectivity index (χ1v) is 5.77. The lowest BCUT2D eigenvalue weighted by Gasteiger charge is -2.33. The van der Waals surface area contributed by atoms with Crippen LogP contribution in [0.2, 0.25) is 0 Å². The van der Waals surface area contributed by atoms with Gasteiger partial charge in [-0.2, -0.15) is 0 Å². The van der Waals surface area contributed by atoms with Crippen LogP contribution in [0.5, 0.6) is 0 Å². The maximum atomic E-state index is 11.6. The molecule has 1 rings (SSSR count). The second-order valence-electron chi connectivity index (χ2n) is 4.21. The van der Waals surface area contributed by atoms with Gasteiger partial charge in [0.2, 0.25) is 5.91 Å². The molecule has 17 heavy (non-hydrogen) atoms. The SMILES string of the molecule is CNC(=O)C1COCCN1CC(=O)OC(C)C. The highest BCUT2D eigenvalue weighted by molar-refractivity contribution is 5.82. The van der Waals surface area contributed by atoms with Gasteiger partial charge >= 0.3 is 5.97 Å². The van der Waals surface area contributed by atoms with E-state index in [2.05, 4.69) is 5.32 Å². The minimum Gasteiger partial charge on any atom is -0.462 e. The molecular formula is C11H20N2O4. The second kappa shape index (κ2) is 6.56. The Morgan fingerprint density at radius 2 is 2.24 bits per heavy atom. The van der Waals surface area contributed by atoms with E-state index in [1.54, 1.807) is 25.8 Å². The van der Waals surface area contributed by atoms with Gasteiger partial charge in [0.25, 0.3) is 0 Å². The monoisotopic (exact) mass is 244 g/mol. The van der Waals surface area contributed by atoms with Crippen LogP contribution in [0.1, 0.15) is 13.8 Å². The van der Waals surface area contributed by atoms with E-state index < -0.39 is 6.04 Å². The molecule has 0 aliphatic carbocycles. The summed E-state index contributed by atoms with van der Waals surface area (Å²) >= 11 is 0. The summed E-state index contributed by atoms with van der Waals surface area (Å²) in [4.78, 5) is 24.9. The molecule has 0 spiro atoms. The van der Waals surface area contributed by atoms with Gasteiger partial charge in [0.05, 0.1) is 25.9 Å². The van der Waals surface area contributed by atoms with Crippen LogP contribution in [-0.2, 0) is 19.1 Å². The van der Waals surface area contributed by atoms with Crippen LogP contribution in [0.25, 0.3) is 0 Å². The van der Waals surface area contributed by atoms with Gasteiger partial charge in [-0.05, 0) is 13.8 Å². The van der Waals surface area contributed by atoms with Gasteiger partial charge in [0.15, 0.2) is 0 Å². The fourth-order valence-electron chi connectivity index (χ4n) is 1.70. The van der Waals surface area contributed by atoms with Crippen molar-refractivity contribution in [1.82, 2.24) is 10.2 Å². The molecular weight excluding hydrogens is 224 g/mol. The summed E-state index contributed by atoms with van der Waals surface area (Å²) in [5.74, 6) is -0.446. The lowest BCUT2D eigenvalue weighted by molar-refractivity contribution is -0.152. The van der Waals surface area contributed by atoms with Crippen molar-refractivity contribution in [2.45, 2.75) is 26.0 Å². The van der Waals surface area contributed by atoms with Gasteiger partial charge in [0, 0.05) is 13.6 Å². The molecule has 1 aliphatic rings. The summed E-state index contributed by atoms with van der Waals surface area (Å²) in [6.07, 6.45) is -0.137. The molecule has 6 nitrogen and oxygen atoms in total. The largest absolute Gasteiger partial charge is 0.462 e. The van der Waals surface area contributed by atoms with E-state index >= 15 is 0 Å². The van der Waals surface area contributed by atoms with E-state index in [9.17, 15) is 9.59 Å². The van der Waals surface area contributed by atoms with E-state index in [0.29, 0.717) is 19.8 Å². The Morgan fingerprint density at radius 3 is 2.82 bits per heavy atom. The van der Waals surface area contributed by atoms with Crippen molar-refractivity contribution in [3.05, 3.63) is 0 Å². The topological polar surface area (TPSA) is 67.9 Å². The van der Waals surface area contributed by atoms with Crippen molar-refractivity contribution >= 4 is 11.9 Å². The lowest BCUT2D eigenvalue weighted by atomic mass is 10.2. The van der Waals surface area contributed by atoms with Crippen LogP contribution in [0.15, 0.2) is 0 Å². The summed E-state index contributed by atoms with van der Waals surface area (Å²) < 4.78 is 10.3.